The average molecular weight is 369 g/mol. The minimum Gasteiger partial charge on any atom is -0.493 e. The van der Waals surface area contributed by atoms with Crippen LogP contribution in [0.2, 0.25) is 0 Å². The minimum absolute atomic E-state index is 0.0434. The fourth-order valence-electron chi connectivity index (χ4n) is 4.51. The lowest BCUT2D eigenvalue weighted by Crippen LogP contribution is -2.46. The van der Waals surface area contributed by atoms with Crippen molar-refractivity contribution in [3.63, 3.8) is 0 Å². The third kappa shape index (κ3) is 2.20. The number of anilines is 1. The van der Waals surface area contributed by atoms with E-state index in [9.17, 15) is 4.79 Å². The number of fused-ring (bicyclic) bond motifs is 4. The Hall–Kier alpha value is -2.37. The Morgan fingerprint density at radius 2 is 2.38 bits per heavy atom. The number of benzene rings is 1. The maximum Gasteiger partial charge on any atom is 0.324 e. The van der Waals surface area contributed by atoms with Gasteiger partial charge in [-0.2, -0.15) is 5.26 Å². The third-order valence-electron chi connectivity index (χ3n) is 5.74. The van der Waals surface area contributed by atoms with E-state index >= 15 is 0 Å². The first kappa shape index (κ1) is 15.9. The minimum atomic E-state index is -0.0815. The molecule has 1 saturated carbocycles. The molecule has 1 aliphatic carbocycles. The lowest BCUT2D eigenvalue weighted by atomic mass is 10.1. The fraction of sp³-hybridized carbons (Fsp3) is 0.500. The zero-order valence-corrected chi connectivity index (χ0v) is 15.3. The molecule has 26 heavy (non-hydrogen) atoms. The molecule has 7 nitrogen and oxygen atoms in total. The van der Waals surface area contributed by atoms with Crippen LogP contribution in [0.4, 0.5) is 9.93 Å². The number of carbonyl (C=O) groups is 1. The summed E-state index contributed by atoms with van der Waals surface area (Å²) in [6.45, 7) is 1.07. The number of rotatable bonds is 3. The molecular weight excluding hydrogens is 350 g/mol. The number of nitrogens with zero attached hydrogens (tertiary/aromatic N) is 4. The summed E-state index contributed by atoms with van der Waals surface area (Å²) in [7, 11) is 1.95. The monoisotopic (exact) mass is 369 g/mol. The molecular formula is C18H19N5O2S. The molecule has 0 spiro atoms. The molecule has 8 heteroatoms. The normalized spacial score (nSPS) is 26.7. The molecule has 1 aromatic carbocycles. The van der Waals surface area contributed by atoms with Gasteiger partial charge in [-0.15, -0.1) is 0 Å². The second-order valence-electron chi connectivity index (χ2n) is 7.11. The second-order valence-corrected chi connectivity index (χ2v) is 8.12. The van der Waals surface area contributed by atoms with Crippen molar-refractivity contribution in [3.8, 4) is 11.8 Å². The number of hydrogen-bond donors (Lipinski definition) is 1. The van der Waals surface area contributed by atoms with E-state index < -0.39 is 0 Å². The highest BCUT2D eigenvalue weighted by molar-refractivity contribution is 7.22. The first-order chi connectivity index (χ1) is 12.7. The SMILES string of the molecule is CN(CC#N)[C@@H]1CCC2C1NC(=O)N2c1nc2c3c(ccc2s1)OCC3. The molecule has 0 bridgehead atoms. The highest BCUT2D eigenvalue weighted by Gasteiger charge is 2.50. The Balaban J connectivity index is 1.48. The molecule has 5 rings (SSSR count). The zero-order chi connectivity index (χ0) is 17.8. The summed E-state index contributed by atoms with van der Waals surface area (Å²) in [6, 6.07) is 6.48. The zero-order valence-electron chi connectivity index (χ0n) is 14.4. The van der Waals surface area contributed by atoms with Gasteiger partial charge in [-0.3, -0.25) is 9.80 Å². The summed E-state index contributed by atoms with van der Waals surface area (Å²) in [4.78, 5) is 21.4. The van der Waals surface area contributed by atoms with E-state index in [4.69, 9.17) is 15.0 Å². The van der Waals surface area contributed by atoms with E-state index in [-0.39, 0.29) is 24.2 Å². The van der Waals surface area contributed by atoms with Gasteiger partial charge >= 0.3 is 6.03 Å². The van der Waals surface area contributed by atoms with Crippen molar-refractivity contribution in [1.29, 1.82) is 5.26 Å². The summed E-state index contributed by atoms with van der Waals surface area (Å²) in [6.07, 6.45) is 2.76. The highest BCUT2D eigenvalue weighted by atomic mass is 32.1. The number of thiazole rings is 1. The van der Waals surface area contributed by atoms with Gasteiger partial charge < -0.3 is 10.1 Å². The number of urea groups is 1. The van der Waals surface area contributed by atoms with Crippen LogP contribution in [-0.2, 0) is 6.42 Å². The molecule has 2 unspecified atom stereocenters. The summed E-state index contributed by atoms with van der Waals surface area (Å²) in [5, 5.41) is 12.9. The highest BCUT2D eigenvalue weighted by Crippen LogP contribution is 2.41. The average Bonchev–Trinajstić information content (AvgIpc) is 3.35. The van der Waals surface area contributed by atoms with E-state index in [2.05, 4.69) is 11.4 Å². The predicted octanol–water partition coefficient (Wildman–Crippen LogP) is 2.12. The van der Waals surface area contributed by atoms with Gasteiger partial charge in [0.15, 0.2) is 5.13 Å². The Kier molecular flexibility index (Phi) is 3.55. The Bertz CT molecular complexity index is 936. The summed E-state index contributed by atoms with van der Waals surface area (Å²) in [5.41, 5.74) is 2.12. The maximum atomic E-state index is 12.7. The van der Waals surface area contributed by atoms with Crippen molar-refractivity contribution >= 4 is 32.7 Å². The number of ether oxygens (including phenoxy) is 1. The van der Waals surface area contributed by atoms with Crippen molar-refractivity contribution in [1.82, 2.24) is 15.2 Å². The molecule has 2 aromatic rings. The van der Waals surface area contributed by atoms with Gasteiger partial charge in [-0.25, -0.2) is 9.78 Å². The summed E-state index contributed by atoms with van der Waals surface area (Å²) < 4.78 is 6.73. The van der Waals surface area contributed by atoms with E-state index in [1.165, 1.54) is 0 Å². The summed E-state index contributed by atoms with van der Waals surface area (Å²) in [5.74, 6) is 0.914. The van der Waals surface area contributed by atoms with Crippen LogP contribution in [0.25, 0.3) is 10.2 Å². The standard InChI is InChI=1S/C18H19N5O2S/c1-22(8-7-19)11-2-3-12-16(11)20-17(24)23(12)18-21-15-10-6-9-25-13(10)4-5-14(15)26-18/h4-5,11-12,16H,2-3,6,8-9H2,1H3,(H,20,24)/t11-,12?,16?/m1/s1. The lowest BCUT2D eigenvalue weighted by Gasteiger charge is -2.26. The molecule has 1 aromatic heterocycles. The van der Waals surface area contributed by atoms with E-state index in [1.54, 1.807) is 11.3 Å². The molecule has 134 valence electrons. The number of nitriles is 1. The summed E-state index contributed by atoms with van der Waals surface area (Å²) >= 11 is 1.57. The van der Waals surface area contributed by atoms with Crippen molar-refractivity contribution in [3.05, 3.63) is 17.7 Å². The van der Waals surface area contributed by atoms with Crippen LogP contribution < -0.4 is 15.0 Å². The maximum absolute atomic E-state index is 12.7. The van der Waals surface area contributed by atoms with Crippen LogP contribution in [0.1, 0.15) is 18.4 Å². The van der Waals surface area contributed by atoms with Gasteiger partial charge in [0, 0.05) is 18.0 Å². The Morgan fingerprint density at radius 1 is 1.50 bits per heavy atom. The molecule has 0 radical (unpaired) electrons. The van der Waals surface area contributed by atoms with Gasteiger partial charge in [-0.1, -0.05) is 11.3 Å². The number of amides is 2. The first-order valence-corrected chi connectivity index (χ1v) is 9.71. The number of likely N-dealkylation sites (N-methyl/N-ethyl adjacent to an activating group) is 1. The fourth-order valence-corrected chi connectivity index (χ4v) is 5.57. The number of nitrogens with one attached hydrogen (secondary N) is 1. The molecule has 1 N–H and O–H groups in total. The lowest BCUT2D eigenvalue weighted by molar-refractivity contribution is 0.229. The predicted molar refractivity (Wildman–Crippen MR) is 98.7 cm³/mol. The van der Waals surface area contributed by atoms with Crippen LogP contribution in [0.3, 0.4) is 0 Å². The van der Waals surface area contributed by atoms with Crippen molar-refractivity contribution < 1.29 is 9.53 Å². The third-order valence-corrected chi connectivity index (χ3v) is 6.76. The Labute approximate surface area is 155 Å². The molecule has 3 heterocycles. The van der Waals surface area contributed by atoms with Crippen molar-refractivity contribution in [2.45, 2.75) is 37.4 Å². The number of hydrogen-bond acceptors (Lipinski definition) is 6. The number of carbonyl (C=O) groups excluding carboxylic acids is 1. The molecule has 2 aliphatic heterocycles. The van der Waals surface area contributed by atoms with Crippen LogP contribution in [0, 0.1) is 11.3 Å². The van der Waals surface area contributed by atoms with Gasteiger partial charge in [0.1, 0.15) is 5.75 Å². The molecule has 1 saturated heterocycles. The van der Waals surface area contributed by atoms with Crippen molar-refractivity contribution in [2.75, 3.05) is 25.1 Å². The number of aromatic nitrogens is 1. The second kappa shape index (κ2) is 5.83. The molecule has 3 atom stereocenters. The van der Waals surface area contributed by atoms with Gasteiger partial charge in [0.2, 0.25) is 0 Å². The van der Waals surface area contributed by atoms with E-state index in [1.807, 2.05) is 29.0 Å². The Morgan fingerprint density at radius 3 is 3.23 bits per heavy atom. The van der Waals surface area contributed by atoms with Gasteiger partial charge in [0.25, 0.3) is 0 Å². The van der Waals surface area contributed by atoms with Gasteiger partial charge in [0.05, 0.1) is 41.5 Å². The van der Waals surface area contributed by atoms with Crippen LogP contribution in [0.5, 0.6) is 5.75 Å². The largest absolute Gasteiger partial charge is 0.493 e. The van der Waals surface area contributed by atoms with Crippen LogP contribution >= 0.6 is 11.3 Å². The smallest absolute Gasteiger partial charge is 0.324 e. The first-order valence-electron chi connectivity index (χ1n) is 8.89. The van der Waals surface area contributed by atoms with Crippen molar-refractivity contribution in [2.24, 2.45) is 0 Å². The quantitative estimate of drug-likeness (QED) is 0.838. The van der Waals surface area contributed by atoms with E-state index in [0.29, 0.717) is 13.2 Å². The van der Waals surface area contributed by atoms with Gasteiger partial charge in [-0.05, 0) is 32.0 Å². The van der Waals surface area contributed by atoms with Crippen LogP contribution in [0.15, 0.2) is 12.1 Å². The van der Waals surface area contributed by atoms with E-state index in [0.717, 1.165) is 45.9 Å². The molecule has 2 fully saturated rings. The molecule has 2 amide bonds. The molecule has 3 aliphatic rings. The van der Waals surface area contributed by atoms with Crippen LogP contribution in [-0.4, -0.2) is 54.2 Å². The topological polar surface area (TPSA) is 81.5 Å².